The Hall–Kier alpha value is -2.27. The Labute approximate surface area is 233 Å². The molecule has 1 saturated carbocycles. The minimum absolute atomic E-state index is 0.0750. The van der Waals surface area contributed by atoms with E-state index in [9.17, 15) is 15.3 Å². The highest BCUT2D eigenvalue weighted by Gasteiger charge is 2.45. The van der Waals surface area contributed by atoms with Crippen LogP contribution in [0.15, 0.2) is 91.0 Å². The maximum Gasteiger partial charge on any atom is 0.148 e. The SMILES string of the molecule is O=P(c1ccccc1)(c1ccccc1)[C@H](C[C@H](OCc1ccccc1)C1CCCCC1)[C@H](O)[C@@H](O)CCCO. The van der Waals surface area contributed by atoms with Gasteiger partial charge in [-0.3, -0.25) is 0 Å². The number of hydrogen-bond acceptors (Lipinski definition) is 5. The average molecular weight is 551 g/mol. The first-order valence-electron chi connectivity index (χ1n) is 14.4. The van der Waals surface area contributed by atoms with Crippen LogP contribution < -0.4 is 10.6 Å². The number of benzene rings is 3. The second-order valence-electron chi connectivity index (χ2n) is 10.8. The minimum atomic E-state index is -3.43. The van der Waals surface area contributed by atoms with Crippen LogP contribution in [-0.4, -0.2) is 45.9 Å². The normalized spacial score (nSPS) is 17.8. The van der Waals surface area contributed by atoms with Crippen LogP contribution in [0.25, 0.3) is 0 Å². The quantitative estimate of drug-likeness (QED) is 0.234. The largest absolute Gasteiger partial charge is 0.396 e. The average Bonchev–Trinajstić information content (AvgIpc) is 3.01. The van der Waals surface area contributed by atoms with Crippen molar-refractivity contribution in [3.63, 3.8) is 0 Å². The topological polar surface area (TPSA) is 87.0 Å². The summed E-state index contributed by atoms with van der Waals surface area (Å²) < 4.78 is 22.1. The Morgan fingerprint density at radius 3 is 1.87 bits per heavy atom. The van der Waals surface area contributed by atoms with Crippen LogP contribution in [0.4, 0.5) is 0 Å². The molecule has 0 unspecified atom stereocenters. The summed E-state index contributed by atoms with van der Waals surface area (Å²) in [6.45, 7) is 0.368. The number of hydrogen-bond donors (Lipinski definition) is 3. The molecule has 0 aliphatic heterocycles. The third-order valence-corrected chi connectivity index (χ3v) is 11.7. The molecule has 0 saturated heterocycles. The van der Waals surface area contributed by atoms with Crippen LogP contribution in [-0.2, 0) is 15.9 Å². The third kappa shape index (κ3) is 7.68. The van der Waals surface area contributed by atoms with Gasteiger partial charge >= 0.3 is 0 Å². The van der Waals surface area contributed by atoms with Gasteiger partial charge in [0.05, 0.1) is 30.6 Å². The summed E-state index contributed by atoms with van der Waals surface area (Å²) in [5, 5.41) is 33.5. The Bertz CT molecular complexity index is 1090. The van der Waals surface area contributed by atoms with Gasteiger partial charge in [-0.1, -0.05) is 110 Å². The van der Waals surface area contributed by atoms with Crippen LogP contribution in [0.2, 0.25) is 0 Å². The highest BCUT2D eigenvalue weighted by molar-refractivity contribution is 7.79. The van der Waals surface area contributed by atoms with Crippen molar-refractivity contribution in [2.24, 2.45) is 5.92 Å². The van der Waals surface area contributed by atoms with Gasteiger partial charge in [0.2, 0.25) is 0 Å². The molecule has 0 spiro atoms. The van der Waals surface area contributed by atoms with E-state index in [2.05, 4.69) is 0 Å². The van der Waals surface area contributed by atoms with Gasteiger partial charge in [-0.2, -0.15) is 0 Å². The van der Waals surface area contributed by atoms with Gasteiger partial charge in [-0.05, 0) is 43.6 Å². The van der Waals surface area contributed by atoms with Crippen molar-refractivity contribution in [2.45, 2.75) is 81.9 Å². The van der Waals surface area contributed by atoms with E-state index in [1.807, 2.05) is 91.0 Å². The lowest BCUT2D eigenvalue weighted by molar-refractivity contribution is -0.0370. The Morgan fingerprint density at radius 1 is 0.795 bits per heavy atom. The summed E-state index contributed by atoms with van der Waals surface area (Å²) in [6, 6.07) is 28.8. The molecule has 1 aliphatic carbocycles. The first kappa shape index (κ1) is 29.7. The second-order valence-corrected chi connectivity index (χ2v) is 13.8. The molecule has 3 aromatic rings. The predicted octanol–water partition coefficient (Wildman–Crippen LogP) is 5.42. The van der Waals surface area contributed by atoms with Crippen LogP contribution in [0.1, 0.15) is 56.9 Å². The second kappa shape index (κ2) is 14.9. The van der Waals surface area contributed by atoms with Crippen LogP contribution in [0.5, 0.6) is 0 Å². The molecule has 6 heteroatoms. The molecule has 0 amide bonds. The molecule has 0 heterocycles. The molecular formula is C33H43O5P. The smallest absolute Gasteiger partial charge is 0.148 e. The zero-order valence-corrected chi connectivity index (χ0v) is 23.6. The first-order chi connectivity index (χ1) is 19.0. The van der Waals surface area contributed by atoms with Gasteiger partial charge < -0.3 is 24.6 Å². The first-order valence-corrected chi connectivity index (χ1v) is 16.1. The lowest BCUT2D eigenvalue weighted by Crippen LogP contribution is -2.45. The van der Waals surface area contributed by atoms with E-state index in [1.54, 1.807) is 0 Å². The van der Waals surface area contributed by atoms with E-state index in [-0.39, 0.29) is 19.1 Å². The van der Waals surface area contributed by atoms with Crippen molar-refractivity contribution >= 4 is 17.8 Å². The Morgan fingerprint density at radius 2 is 1.33 bits per heavy atom. The molecule has 1 aliphatic rings. The highest BCUT2D eigenvalue weighted by atomic mass is 31.2. The number of aliphatic hydroxyl groups is 3. The van der Waals surface area contributed by atoms with Crippen LogP contribution >= 0.6 is 7.14 Å². The fourth-order valence-electron chi connectivity index (χ4n) is 5.98. The monoisotopic (exact) mass is 550 g/mol. The highest BCUT2D eigenvalue weighted by Crippen LogP contribution is 2.53. The fraction of sp³-hybridized carbons (Fsp3) is 0.455. The number of rotatable bonds is 14. The van der Waals surface area contributed by atoms with Gasteiger partial charge in [0, 0.05) is 17.2 Å². The number of ether oxygens (including phenoxy) is 1. The van der Waals surface area contributed by atoms with Crippen molar-refractivity contribution in [1.29, 1.82) is 0 Å². The lowest BCUT2D eigenvalue weighted by atomic mass is 9.83. The molecule has 5 nitrogen and oxygen atoms in total. The minimum Gasteiger partial charge on any atom is -0.396 e. The van der Waals surface area contributed by atoms with Gasteiger partial charge in [0.15, 0.2) is 0 Å². The maximum atomic E-state index is 15.5. The number of aliphatic hydroxyl groups excluding tert-OH is 3. The van der Waals surface area contributed by atoms with Gasteiger partial charge in [0.1, 0.15) is 7.14 Å². The summed E-state index contributed by atoms with van der Waals surface area (Å²) in [6.07, 6.45) is 3.96. The van der Waals surface area contributed by atoms with Crippen molar-refractivity contribution < 1.29 is 24.6 Å². The zero-order chi connectivity index (χ0) is 27.5. The molecule has 3 aromatic carbocycles. The van der Waals surface area contributed by atoms with Gasteiger partial charge in [-0.25, -0.2) is 0 Å². The molecule has 0 radical (unpaired) electrons. The van der Waals surface area contributed by atoms with E-state index in [4.69, 9.17) is 4.74 Å². The molecule has 4 atom stereocenters. The summed E-state index contributed by atoms with van der Waals surface area (Å²) in [5.41, 5.74) is 0.325. The van der Waals surface area contributed by atoms with E-state index in [1.165, 1.54) is 6.42 Å². The molecule has 1 fully saturated rings. The van der Waals surface area contributed by atoms with Crippen LogP contribution in [0.3, 0.4) is 0 Å². The standard InChI is InChI=1S/C33H43O5P/c34-23-13-22-30(35)33(36)32(39(37,28-18-9-3-10-19-28)29-20-11-4-12-21-29)24-31(27-16-7-2-8-17-27)38-25-26-14-5-1-6-15-26/h1,3-6,9-12,14-15,18-21,27,30-36H,2,7-8,13,16-17,22-25H2/t30-,31-,32+,33+/m0/s1. The van der Waals surface area contributed by atoms with Crippen molar-refractivity contribution in [3.05, 3.63) is 96.6 Å². The van der Waals surface area contributed by atoms with Crippen LogP contribution in [0, 0.1) is 5.92 Å². The van der Waals surface area contributed by atoms with Crippen molar-refractivity contribution in [2.75, 3.05) is 6.61 Å². The Kier molecular flexibility index (Phi) is 11.4. The molecule has 4 rings (SSSR count). The van der Waals surface area contributed by atoms with Crippen molar-refractivity contribution in [1.82, 2.24) is 0 Å². The summed E-state index contributed by atoms with van der Waals surface area (Å²) in [7, 11) is -3.43. The van der Waals surface area contributed by atoms with Gasteiger partial charge in [0.25, 0.3) is 0 Å². The molecule has 0 bridgehead atoms. The maximum absolute atomic E-state index is 15.5. The van der Waals surface area contributed by atoms with E-state index in [0.29, 0.717) is 36.0 Å². The van der Waals surface area contributed by atoms with E-state index in [0.717, 1.165) is 31.2 Å². The van der Waals surface area contributed by atoms with Crippen molar-refractivity contribution in [3.8, 4) is 0 Å². The predicted molar refractivity (Wildman–Crippen MR) is 158 cm³/mol. The molecular weight excluding hydrogens is 507 g/mol. The summed E-state index contributed by atoms with van der Waals surface area (Å²) in [4.78, 5) is 0. The summed E-state index contributed by atoms with van der Waals surface area (Å²) >= 11 is 0. The van der Waals surface area contributed by atoms with E-state index >= 15 is 4.57 Å². The molecule has 39 heavy (non-hydrogen) atoms. The van der Waals surface area contributed by atoms with E-state index < -0.39 is 25.0 Å². The Balaban J connectivity index is 1.75. The molecule has 210 valence electrons. The molecule has 3 N–H and O–H groups in total. The lowest BCUT2D eigenvalue weighted by Gasteiger charge is -2.39. The summed E-state index contributed by atoms with van der Waals surface area (Å²) in [5.74, 6) is 0.298. The fourth-order valence-corrected chi connectivity index (χ4v) is 9.41. The molecule has 0 aromatic heterocycles. The van der Waals surface area contributed by atoms with Gasteiger partial charge in [-0.15, -0.1) is 0 Å². The zero-order valence-electron chi connectivity index (χ0n) is 22.7. The third-order valence-electron chi connectivity index (χ3n) is 8.15.